The van der Waals surface area contributed by atoms with Crippen LogP contribution in [0.1, 0.15) is 19.4 Å². The summed E-state index contributed by atoms with van der Waals surface area (Å²) in [5, 5.41) is 3.59. The second-order valence-corrected chi connectivity index (χ2v) is 5.19. The molecule has 1 aromatic carbocycles. The number of rotatable bonds is 6. The minimum absolute atomic E-state index is 0.490. The summed E-state index contributed by atoms with van der Waals surface area (Å²) in [6.07, 6.45) is 0. The van der Waals surface area contributed by atoms with Gasteiger partial charge in [-0.05, 0) is 31.6 Å². The molecule has 1 unspecified atom stereocenters. The lowest BCUT2D eigenvalue weighted by atomic mass is 10.0. The topological polar surface area (TPSA) is 41.3 Å². The molecular formula is C14H25N3. The number of para-hydroxylation sites is 1. The van der Waals surface area contributed by atoms with Crippen molar-refractivity contribution in [2.45, 2.75) is 26.4 Å². The molecule has 0 saturated carbocycles. The molecule has 0 aliphatic heterocycles. The summed E-state index contributed by atoms with van der Waals surface area (Å²) in [5.74, 6) is 0.613. The lowest BCUT2D eigenvalue weighted by molar-refractivity contribution is 0.288. The fourth-order valence-electron chi connectivity index (χ4n) is 1.84. The minimum Gasteiger partial charge on any atom is -0.398 e. The highest BCUT2D eigenvalue weighted by Crippen LogP contribution is 2.11. The van der Waals surface area contributed by atoms with E-state index in [0.29, 0.717) is 12.0 Å². The number of nitrogens with two attached hydrogens (primary N) is 1. The zero-order chi connectivity index (χ0) is 12.8. The van der Waals surface area contributed by atoms with E-state index in [4.69, 9.17) is 5.73 Å². The first-order valence-electron chi connectivity index (χ1n) is 6.22. The van der Waals surface area contributed by atoms with E-state index < -0.39 is 0 Å². The molecule has 96 valence electrons. The molecular weight excluding hydrogens is 210 g/mol. The van der Waals surface area contributed by atoms with Crippen molar-refractivity contribution in [1.82, 2.24) is 10.2 Å². The van der Waals surface area contributed by atoms with Crippen LogP contribution in [0, 0.1) is 5.92 Å². The van der Waals surface area contributed by atoms with Gasteiger partial charge in [0.25, 0.3) is 0 Å². The SMILES string of the molecule is CC(C)C(CN(C)C)NCc1ccccc1N. The van der Waals surface area contributed by atoms with E-state index in [0.717, 1.165) is 18.8 Å². The van der Waals surface area contributed by atoms with Crippen LogP contribution in [0.2, 0.25) is 0 Å². The highest BCUT2D eigenvalue weighted by Gasteiger charge is 2.13. The smallest absolute Gasteiger partial charge is 0.0359 e. The third-order valence-electron chi connectivity index (χ3n) is 2.98. The predicted molar refractivity (Wildman–Crippen MR) is 74.9 cm³/mol. The van der Waals surface area contributed by atoms with Crippen molar-refractivity contribution in [3.05, 3.63) is 29.8 Å². The highest BCUT2D eigenvalue weighted by molar-refractivity contribution is 5.46. The highest BCUT2D eigenvalue weighted by atomic mass is 15.1. The van der Waals surface area contributed by atoms with Gasteiger partial charge >= 0.3 is 0 Å². The van der Waals surface area contributed by atoms with Crippen molar-refractivity contribution >= 4 is 5.69 Å². The van der Waals surface area contributed by atoms with Gasteiger partial charge in [-0.25, -0.2) is 0 Å². The van der Waals surface area contributed by atoms with E-state index in [1.165, 1.54) is 5.56 Å². The third-order valence-corrected chi connectivity index (χ3v) is 2.98. The largest absolute Gasteiger partial charge is 0.398 e. The lowest BCUT2D eigenvalue weighted by Crippen LogP contribution is -2.41. The summed E-state index contributed by atoms with van der Waals surface area (Å²) in [7, 11) is 4.21. The number of anilines is 1. The van der Waals surface area contributed by atoms with Crippen LogP contribution in [0.15, 0.2) is 24.3 Å². The molecule has 0 bridgehead atoms. The Balaban J connectivity index is 2.55. The summed E-state index contributed by atoms with van der Waals surface area (Å²) in [6, 6.07) is 8.52. The molecule has 17 heavy (non-hydrogen) atoms. The molecule has 1 rings (SSSR count). The summed E-state index contributed by atoms with van der Waals surface area (Å²) in [5.41, 5.74) is 7.98. The van der Waals surface area contributed by atoms with Gasteiger partial charge in [-0.2, -0.15) is 0 Å². The standard InChI is InChI=1S/C14H25N3/c1-11(2)14(10-17(3)4)16-9-12-7-5-6-8-13(12)15/h5-8,11,14,16H,9-10,15H2,1-4H3. The van der Waals surface area contributed by atoms with Gasteiger partial charge in [0.15, 0.2) is 0 Å². The molecule has 0 fully saturated rings. The molecule has 3 heteroatoms. The van der Waals surface area contributed by atoms with Gasteiger partial charge in [0.05, 0.1) is 0 Å². The molecule has 0 amide bonds. The van der Waals surface area contributed by atoms with Crippen molar-refractivity contribution in [3.63, 3.8) is 0 Å². The van der Waals surface area contributed by atoms with Crippen LogP contribution in [-0.4, -0.2) is 31.6 Å². The Hall–Kier alpha value is -1.06. The Bertz CT molecular complexity index is 334. The van der Waals surface area contributed by atoms with E-state index in [2.05, 4.69) is 44.2 Å². The lowest BCUT2D eigenvalue weighted by Gasteiger charge is -2.26. The zero-order valence-electron chi connectivity index (χ0n) is 11.4. The van der Waals surface area contributed by atoms with E-state index in [9.17, 15) is 0 Å². The van der Waals surface area contributed by atoms with Gasteiger partial charge < -0.3 is 16.0 Å². The maximum atomic E-state index is 5.93. The molecule has 1 aromatic rings. The molecule has 0 aromatic heterocycles. The number of likely N-dealkylation sites (N-methyl/N-ethyl adjacent to an activating group) is 1. The quantitative estimate of drug-likeness (QED) is 0.740. The number of nitrogens with one attached hydrogen (secondary N) is 1. The van der Waals surface area contributed by atoms with Crippen molar-refractivity contribution in [2.75, 3.05) is 26.4 Å². The molecule has 0 heterocycles. The first-order chi connectivity index (χ1) is 8.00. The molecule has 1 atom stereocenters. The first-order valence-corrected chi connectivity index (χ1v) is 6.22. The fraction of sp³-hybridized carbons (Fsp3) is 0.571. The monoisotopic (exact) mass is 235 g/mol. The van der Waals surface area contributed by atoms with Crippen LogP contribution in [0.25, 0.3) is 0 Å². The Kier molecular flexibility index (Phi) is 5.45. The van der Waals surface area contributed by atoms with Crippen molar-refractivity contribution in [2.24, 2.45) is 5.92 Å². The zero-order valence-corrected chi connectivity index (χ0v) is 11.4. The summed E-state index contributed by atoms with van der Waals surface area (Å²) < 4.78 is 0. The van der Waals surface area contributed by atoms with Crippen LogP contribution in [0.4, 0.5) is 5.69 Å². The fourth-order valence-corrected chi connectivity index (χ4v) is 1.84. The Labute approximate surface area is 105 Å². The van der Waals surface area contributed by atoms with Gasteiger partial charge in [0.1, 0.15) is 0 Å². The maximum Gasteiger partial charge on any atom is 0.0359 e. The van der Waals surface area contributed by atoms with Crippen LogP contribution in [0.5, 0.6) is 0 Å². The Morgan fingerprint density at radius 2 is 1.88 bits per heavy atom. The van der Waals surface area contributed by atoms with Crippen molar-refractivity contribution in [3.8, 4) is 0 Å². The molecule has 3 N–H and O–H groups in total. The normalized spacial score (nSPS) is 13.3. The van der Waals surface area contributed by atoms with E-state index in [-0.39, 0.29) is 0 Å². The molecule has 3 nitrogen and oxygen atoms in total. The average Bonchev–Trinajstić information content (AvgIpc) is 2.25. The molecule has 0 radical (unpaired) electrons. The second-order valence-electron chi connectivity index (χ2n) is 5.19. The van der Waals surface area contributed by atoms with Crippen LogP contribution < -0.4 is 11.1 Å². The summed E-state index contributed by atoms with van der Waals surface area (Å²) in [4.78, 5) is 2.21. The average molecular weight is 235 g/mol. The summed E-state index contributed by atoms with van der Waals surface area (Å²) in [6.45, 7) is 6.37. The number of nitrogens with zero attached hydrogens (tertiary/aromatic N) is 1. The Morgan fingerprint density at radius 3 is 2.41 bits per heavy atom. The predicted octanol–water partition coefficient (Wildman–Crippen LogP) is 1.94. The number of hydrogen-bond acceptors (Lipinski definition) is 3. The second kappa shape index (κ2) is 6.62. The van der Waals surface area contributed by atoms with E-state index >= 15 is 0 Å². The van der Waals surface area contributed by atoms with Crippen LogP contribution >= 0.6 is 0 Å². The molecule has 0 aliphatic rings. The summed E-state index contributed by atoms with van der Waals surface area (Å²) >= 11 is 0. The van der Waals surface area contributed by atoms with Gasteiger partial charge in [0.2, 0.25) is 0 Å². The Morgan fingerprint density at radius 1 is 1.24 bits per heavy atom. The first kappa shape index (κ1) is 14.0. The third kappa shape index (κ3) is 4.75. The maximum absolute atomic E-state index is 5.93. The van der Waals surface area contributed by atoms with Crippen molar-refractivity contribution < 1.29 is 0 Å². The van der Waals surface area contributed by atoms with E-state index in [1.807, 2.05) is 18.2 Å². The van der Waals surface area contributed by atoms with Crippen LogP contribution in [0.3, 0.4) is 0 Å². The minimum atomic E-state index is 0.490. The van der Waals surface area contributed by atoms with Gasteiger partial charge in [-0.15, -0.1) is 0 Å². The molecule has 0 spiro atoms. The number of benzene rings is 1. The van der Waals surface area contributed by atoms with Crippen molar-refractivity contribution in [1.29, 1.82) is 0 Å². The number of hydrogen-bond donors (Lipinski definition) is 2. The molecule has 0 aliphatic carbocycles. The van der Waals surface area contributed by atoms with E-state index in [1.54, 1.807) is 0 Å². The van der Waals surface area contributed by atoms with Gasteiger partial charge in [-0.3, -0.25) is 0 Å². The number of nitrogen functional groups attached to an aromatic ring is 1. The molecule has 0 saturated heterocycles. The van der Waals surface area contributed by atoms with Gasteiger partial charge in [0, 0.05) is 24.8 Å². The van der Waals surface area contributed by atoms with Crippen LogP contribution in [-0.2, 0) is 6.54 Å². The van der Waals surface area contributed by atoms with Gasteiger partial charge in [-0.1, -0.05) is 32.0 Å².